The van der Waals surface area contributed by atoms with Gasteiger partial charge in [-0.2, -0.15) is 0 Å². The van der Waals surface area contributed by atoms with Gasteiger partial charge in [-0.05, 0) is 47.5 Å². The lowest BCUT2D eigenvalue weighted by Crippen LogP contribution is -2.30. The number of anilines is 3. The smallest absolute Gasteiger partial charge is 0.150 e. The summed E-state index contributed by atoms with van der Waals surface area (Å²) < 4.78 is 0. The third-order valence-electron chi connectivity index (χ3n) is 4.90. The molecule has 0 atom stereocenters. The van der Waals surface area contributed by atoms with Crippen LogP contribution in [0.15, 0.2) is 72.8 Å². The van der Waals surface area contributed by atoms with Crippen molar-refractivity contribution in [2.24, 2.45) is 0 Å². The third kappa shape index (κ3) is 2.07. The molecule has 0 saturated carbocycles. The Morgan fingerprint density at radius 2 is 1.46 bits per heavy atom. The average molecular weight is 313 g/mol. The first-order chi connectivity index (χ1) is 11.6. The van der Waals surface area contributed by atoms with E-state index in [1.54, 1.807) is 0 Å². The Bertz CT molecular complexity index is 912. The molecule has 0 amide bonds. The Morgan fingerprint density at radius 3 is 2.21 bits per heavy atom. The van der Waals surface area contributed by atoms with Crippen LogP contribution < -0.4 is 4.90 Å². The average Bonchev–Trinajstić information content (AvgIpc) is 2.63. The zero-order valence-corrected chi connectivity index (χ0v) is 13.9. The van der Waals surface area contributed by atoms with Crippen LogP contribution in [0.4, 0.5) is 17.1 Å². The van der Waals surface area contributed by atoms with Gasteiger partial charge in [0.05, 0.1) is 11.4 Å². The largest absolute Gasteiger partial charge is 0.310 e. The predicted octanol–water partition coefficient (Wildman–Crippen LogP) is 5.61. The molecule has 0 N–H and O–H groups in total. The van der Waals surface area contributed by atoms with Crippen LogP contribution in [-0.4, -0.2) is 6.29 Å². The number of nitrogens with zero attached hydrogens (tertiary/aromatic N) is 1. The van der Waals surface area contributed by atoms with Gasteiger partial charge < -0.3 is 4.90 Å². The first kappa shape index (κ1) is 14.7. The maximum absolute atomic E-state index is 11.3. The summed E-state index contributed by atoms with van der Waals surface area (Å²) in [6.07, 6.45) is 0.920. The summed E-state index contributed by atoms with van der Waals surface area (Å²) in [5.74, 6) is 0. The van der Waals surface area contributed by atoms with Gasteiger partial charge >= 0.3 is 0 Å². The molecule has 24 heavy (non-hydrogen) atoms. The predicted molar refractivity (Wildman–Crippen MR) is 98.6 cm³/mol. The highest BCUT2D eigenvalue weighted by Gasteiger charge is 2.36. The van der Waals surface area contributed by atoms with Gasteiger partial charge in [-0.25, -0.2) is 0 Å². The van der Waals surface area contributed by atoms with Gasteiger partial charge in [0.2, 0.25) is 0 Å². The number of hydrogen-bond acceptors (Lipinski definition) is 2. The quantitative estimate of drug-likeness (QED) is 0.573. The van der Waals surface area contributed by atoms with Crippen molar-refractivity contribution >= 4 is 23.3 Å². The van der Waals surface area contributed by atoms with Crippen LogP contribution in [0.2, 0.25) is 0 Å². The van der Waals surface area contributed by atoms with Crippen molar-refractivity contribution in [3.8, 4) is 0 Å². The molecule has 0 spiro atoms. The SMILES string of the molecule is CC1(C)c2ccccc2N(c2ccccc2)c2ccc(C=O)cc21. The van der Waals surface area contributed by atoms with Crippen molar-refractivity contribution < 1.29 is 4.79 Å². The molecule has 0 aliphatic carbocycles. The number of hydrogen-bond donors (Lipinski definition) is 0. The lowest BCUT2D eigenvalue weighted by Gasteiger charge is -2.42. The zero-order chi connectivity index (χ0) is 16.7. The molecule has 0 bridgehead atoms. The summed E-state index contributed by atoms with van der Waals surface area (Å²) in [4.78, 5) is 13.6. The van der Waals surface area contributed by atoms with Crippen molar-refractivity contribution in [3.63, 3.8) is 0 Å². The summed E-state index contributed by atoms with van der Waals surface area (Å²) in [5, 5.41) is 0. The number of fused-ring (bicyclic) bond motifs is 2. The van der Waals surface area contributed by atoms with Crippen molar-refractivity contribution in [1.29, 1.82) is 0 Å². The van der Waals surface area contributed by atoms with Crippen LogP contribution in [0.5, 0.6) is 0 Å². The summed E-state index contributed by atoms with van der Waals surface area (Å²) in [5.41, 5.74) is 6.46. The van der Waals surface area contributed by atoms with Gasteiger partial charge in [0.1, 0.15) is 6.29 Å². The highest BCUT2D eigenvalue weighted by atomic mass is 16.1. The number of benzene rings is 3. The van der Waals surface area contributed by atoms with E-state index in [9.17, 15) is 4.79 Å². The zero-order valence-electron chi connectivity index (χ0n) is 13.9. The van der Waals surface area contributed by atoms with Gasteiger partial charge in [-0.1, -0.05) is 50.2 Å². The maximum Gasteiger partial charge on any atom is 0.150 e. The highest BCUT2D eigenvalue weighted by Crippen LogP contribution is 2.51. The van der Waals surface area contributed by atoms with Crippen LogP contribution in [0.3, 0.4) is 0 Å². The molecule has 0 saturated heterocycles. The molecule has 1 heterocycles. The van der Waals surface area contributed by atoms with E-state index in [4.69, 9.17) is 0 Å². The molecule has 118 valence electrons. The second-order valence-electron chi connectivity index (χ2n) is 6.71. The highest BCUT2D eigenvalue weighted by molar-refractivity contribution is 5.88. The lowest BCUT2D eigenvalue weighted by molar-refractivity contribution is 0.112. The molecule has 2 nitrogen and oxygen atoms in total. The number of rotatable bonds is 2. The molecule has 3 aromatic rings. The monoisotopic (exact) mass is 313 g/mol. The van der Waals surface area contributed by atoms with E-state index in [1.807, 2.05) is 18.2 Å². The fourth-order valence-electron chi connectivity index (χ4n) is 3.65. The van der Waals surface area contributed by atoms with E-state index in [0.717, 1.165) is 17.7 Å². The summed E-state index contributed by atoms with van der Waals surface area (Å²) >= 11 is 0. The molecule has 3 aromatic carbocycles. The van der Waals surface area contributed by atoms with E-state index in [0.29, 0.717) is 5.56 Å². The first-order valence-electron chi connectivity index (χ1n) is 8.17. The standard InChI is InChI=1S/C22H19NO/c1-22(2)18-10-6-7-11-20(18)23(17-8-4-3-5-9-17)21-13-12-16(15-24)14-19(21)22/h3-15H,1-2H3. The Morgan fingerprint density at radius 1 is 0.792 bits per heavy atom. The minimum Gasteiger partial charge on any atom is -0.310 e. The molecule has 1 aliphatic heterocycles. The van der Waals surface area contributed by atoms with Crippen LogP contribution >= 0.6 is 0 Å². The van der Waals surface area contributed by atoms with Crippen molar-refractivity contribution in [2.75, 3.05) is 4.90 Å². The minimum absolute atomic E-state index is 0.157. The van der Waals surface area contributed by atoms with Gasteiger partial charge in [-0.3, -0.25) is 4.79 Å². The first-order valence-corrected chi connectivity index (χ1v) is 8.17. The molecular formula is C22H19NO. The van der Waals surface area contributed by atoms with Gasteiger partial charge in [0.15, 0.2) is 0 Å². The topological polar surface area (TPSA) is 20.3 Å². The Kier molecular flexibility index (Phi) is 3.27. The van der Waals surface area contributed by atoms with E-state index in [-0.39, 0.29) is 5.41 Å². The fraction of sp³-hybridized carbons (Fsp3) is 0.136. The molecule has 0 radical (unpaired) electrons. The van der Waals surface area contributed by atoms with Crippen LogP contribution in [0.1, 0.15) is 35.3 Å². The molecule has 0 aromatic heterocycles. The summed E-state index contributed by atoms with van der Waals surface area (Å²) in [7, 11) is 0. The molecule has 0 fully saturated rings. The lowest BCUT2D eigenvalue weighted by atomic mass is 9.73. The fourth-order valence-corrected chi connectivity index (χ4v) is 3.65. The minimum atomic E-state index is -0.157. The Labute approximate surface area is 142 Å². The third-order valence-corrected chi connectivity index (χ3v) is 4.90. The van der Waals surface area contributed by atoms with Crippen molar-refractivity contribution in [2.45, 2.75) is 19.3 Å². The van der Waals surface area contributed by atoms with E-state index in [1.165, 1.54) is 16.8 Å². The van der Waals surface area contributed by atoms with Crippen molar-refractivity contribution in [3.05, 3.63) is 89.5 Å². The second-order valence-corrected chi connectivity index (χ2v) is 6.71. The molecule has 1 aliphatic rings. The number of carbonyl (C=O) groups is 1. The van der Waals surface area contributed by atoms with Gasteiger partial charge in [0, 0.05) is 16.7 Å². The molecule has 0 unspecified atom stereocenters. The summed E-state index contributed by atoms with van der Waals surface area (Å²) in [6.45, 7) is 4.45. The number of aldehydes is 1. The molecule has 2 heteroatoms. The molecular weight excluding hydrogens is 294 g/mol. The van der Waals surface area contributed by atoms with Crippen LogP contribution in [0.25, 0.3) is 0 Å². The summed E-state index contributed by atoms with van der Waals surface area (Å²) in [6, 6.07) is 24.9. The van der Waals surface area contributed by atoms with E-state index < -0.39 is 0 Å². The van der Waals surface area contributed by atoms with Gasteiger partial charge in [-0.15, -0.1) is 0 Å². The van der Waals surface area contributed by atoms with E-state index >= 15 is 0 Å². The Hall–Kier alpha value is -2.87. The van der Waals surface area contributed by atoms with Crippen LogP contribution in [-0.2, 0) is 5.41 Å². The number of para-hydroxylation sites is 2. The molecule has 4 rings (SSSR count). The van der Waals surface area contributed by atoms with Gasteiger partial charge in [0.25, 0.3) is 0 Å². The van der Waals surface area contributed by atoms with Crippen LogP contribution in [0, 0.1) is 0 Å². The second kappa shape index (κ2) is 5.34. The normalized spacial score (nSPS) is 14.7. The number of carbonyl (C=O) groups excluding carboxylic acids is 1. The Balaban J connectivity index is 2.05. The maximum atomic E-state index is 11.3. The van der Waals surface area contributed by atoms with Crippen molar-refractivity contribution in [1.82, 2.24) is 0 Å². The van der Waals surface area contributed by atoms with E-state index in [2.05, 4.69) is 73.3 Å².